The molecule has 0 aromatic heterocycles. The van der Waals surface area contributed by atoms with Crippen molar-refractivity contribution in [2.75, 3.05) is 26.0 Å². The molecule has 0 aromatic rings. The van der Waals surface area contributed by atoms with Crippen molar-refractivity contribution in [3.8, 4) is 0 Å². The van der Waals surface area contributed by atoms with Crippen molar-refractivity contribution in [2.45, 2.75) is 271 Å². The highest BCUT2D eigenvalue weighted by molar-refractivity contribution is 7.86. The van der Waals surface area contributed by atoms with Gasteiger partial charge in [0.1, 0.15) is 65.1 Å². The lowest BCUT2D eigenvalue weighted by atomic mass is 9.83. The summed E-state index contributed by atoms with van der Waals surface area (Å²) >= 11 is 0. The average molecular weight is 1300 g/mol. The number of nitrogens with one attached hydrogen (secondary N) is 6. The Kier molecular flexibility index (Phi) is 27.5. The van der Waals surface area contributed by atoms with Gasteiger partial charge in [0.2, 0.25) is 0 Å². The molecule has 0 spiro atoms. The Morgan fingerprint density at radius 2 is 0.944 bits per heavy atom. The van der Waals surface area contributed by atoms with E-state index in [9.17, 15) is 56.4 Å². The minimum Gasteiger partial charge on any atom is -0.463 e. The van der Waals surface area contributed by atoms with Crippen molar-refractivity contribution in [2.24, 2.45) is 0 Å². The van der Waals surface area contributed by atoms with Gasteiger partial charge in [-0.2, -0.15) is 8.42 Å². The molecule has 2 saturated heterocycles. The highest BCUT2D eigenvalue weighted by Gasteiger charge is 2.58. The van der Waals surface area contributed by atoms with Gasteiger partial charge in [-0.05, 0) is 123 Å². The van der Waals surface area contributed by atoms with E-state index in [4.69, 9.17) is 65.8 Å². The van der Waals surface area contributed by atoms with Crippen molar-refractivity contribution in [1.82, 2.24) is 31.9 Å². The Balaban J connectivity index is 2.51. The monoisotopic (exact) mass is 1300 g/mol. The second-order valence-corrected chi connectivity index (χ2v) is 28.0. The lowest BCUT2D eigenvalue weighted by Crippen LogP contribution is -2.71. The zero-order valence-corrected chi connectivity index (χ0v) is 55.4. The van der Waals surface area contributed by atoms with E-state index in [2.05, 4.69) is 31.9 Å². The summed E-state index contributed by atoms with van der Waals surface area (Å²) < 4.78 is 110. The molecule has 0 aromatic carbocycles. The maximum absolute atomic E-state index is 14.8. The van der Waals surface area contributed by atoms with Crippen LogP contribution in [0.3, 0.4) is 0 Å². The molecule has 2 aliphatic heterocycles. The summed E-state index contributed by atoms with van der Waals surface area (Å²) in [6.45, 7) is 26.5. The van der Waals surface area contributed by atoms with Crippen molar-refractivity contribution in [3.05, 3.63) is 0 Å². The molecule has 6 amide bonds. The molecule has 3 fully saturated rings. The van der Waals surface area contributed by atoms with Gasteiger partial charge in [0.15, 0.2) is 30.9 Å². The molecule has 89 heavy (non-hydrogen) atoms. The summed E-state index contributed by atoms with van der Waals surface area (Å²) in [5.41, 5.74) is -5.24. The van der Waals surface area contributed by atoms with Gasteiger partial charge < -0.3 is 93.5 Å². The zero-order chi connectivity index (χ0) is 67.9. The molecular weight excluding hydrogens is 1200 g/mol. The van der Waals surface area contributed by atoms with Crippen LogP contribution in [0.2, 0.25) is 0 Å². The summed E-state index contributed by atoms with van der Waals surface area (Å²) in [6, 6.07) is -6.27. The zero-order valence-electron chi connectivity index (χ0n) is 54.6. The number of amides is 6. The van der Waals surface area contributed by atoms with Gasteiger partial charge in [-0.15, -0.1) is 0 Å². The molecule has 32 nitrogen and oxygen atoms in total. The lowest BCUT2D eigenvalue weighted by Gasteiger charge is -2.50. The van der Waals surface area contributed by atoms with Crippen molar-refractivity contribution >= 4 is 70.4 Å². The topological polar surface area (TPSA) is 406 Å². The first-order valence-electron chi connectivity index (χ1n) is 28.9. The predicted molar refractivity (Wildman–Crippen MR) is 308 cm³/mol. The van der Waals surface area contributed by atoms with E-state index in [0.717, 1.165) is 27.7 Å². The van der Waals surface area contributed by atoms with Gasteiger partial charge >= 0.3 is 54.3 Å². The molecule has 1 saturated carbocycles. The fourth-order valence-electron chi connectivity index (χ4n) is 9.10. The number of hydrogen-bond acceptors (Lipinski definition) is 26. The summed E-state index contributed by atoms with van der Waals surface area (Å²) in [5, 5.41) is 15.7. The minimum atomic E-state index is -4.84. The van der Waals surface area contributed by atoms with E-state index in [1.807, 2.05) is 0 Å². The van der Waals surface area contributed by atoms with Gasteiger partial charge in [-0.3, -0.25) is 28.2 Å². The van der Waals surface area contributed by atoms with E-state index in [1.165, 1.54) is 20.8 Å². The van der Waals surface area contributed by atoms with Crippen LogP contribution in [0, 0.1) is 0 Å². The van der Waals surface area contributed by atoms with E-state index >= 15 is 0 Å². The average Bonchev–Trinajstić information content (AvgIpc) is 0.867. The Hall–Kier alpha value is -6.55. The Bertz CT molecular complexity index is 2590. The van der Waals surface area contributed by atoms with E-state index in [-0.39, 0.29) is 25.9 Å². The van der Waals surface area contributed by atoms with Crippen LogP contribution < -0.4 is 31.9 Å². The first kappa shape index (κ1) is 76.7. The molecule has 0 radical (unpaired) electrons. The third kappa shape index (κ3) is 29.3. The number of rotatable bonds is 21. The van der Waals surface area contributed by atoms with E-state index < -0.39 is 203 Å². The Morgan fingerprint density at radius 1 is 0.494 bits per heavy atom. The number of esters is 4. The molecule has 0 bridgehead atoms. The lowest BCUT2D eigenvalue weighted by molar-refractivity contribution is -0.316. The first-order valence-corrected chi connectivity index (χ1v) is 30.7. The third-order valence-electron chi connectivity index (χ3n) is 11.9. The quantitative estimate of drug-likeness (QED) is 0.0542. The van der Waals surface area contributed by atoms with Crippen LogP contribution >= 0.6 is 0 Å². The number of carbonyl (C=O) groups is 10. The summed E-state index contributed by atoms with van der Waals surface area (Å²) in [4.78, 5) is 133. The van der Waals surface area contributed by atoms with Crippen molar-refractivity contribution in [1.29, 1.82) is 0 Å². The summed E-state index contributed by atoms with van der Waals surface area (Å²) in [6.07, 6.45) is -23.3. The van der Waals surface area contributed by atoms with Crippen LogP contribution in [0.25, 0.3) is 0 Å². The molecule has 2 heterocycles. The first-order chi connectivity index (χ1) is 40.6. The largest absolute Gasteiger partial charge is 0.463 e. The number of ether oxygens (including phenoxy) is 13. The Morgan fingerprint density at radius 3 is 1.42 bits per heavy atom. The van der Waals surface area contributed by atoms with Gasteiger partial charge in [0.05, 0.1) is 30.5 Å². The standard InChI is InChI=1S/C56H94N6O26S/c1-28(63)75-27-37-41(77-30(3)65)38(62-51(72)87-56(17,18)19)42(78-31(4)66)46(80-37)82-39-34(59-44(67)36(76-29(2)64)23-24-57-47(68)83-52(5,6)7)25-35(61-50(71)86-55(14,15)16)40(43(39)88-89(20,73)74)81-45-33(60-49(70)85-54(11,12)13)22-21-32(79-45)26-58-48(69)84-53(8,9)10/h32-43,45-46H,21-27H2,1-20H3,(H,57,68)(H,58,69)(H,59,67)(H,60,70)(H,61,71)(H,62,72)/t32?,33?,34-,35-,36+,37?,38+,39+,40?,41-,42?,43?,45-,46-/m1/s1. The van der Waals surface area contributed by atoms with Crippen LogP contribution in [-0.2, 0) is 99.9 Å². The normalized spacial score (nSPS) is 26.2. The second-order valence-electron chi connectivity index (χ2n) is 26.4. The van der Waals surface area contributed by atoms with Crippen LogP contribution in [0.4, 0.5) is 24.0 Å². The summed E-state index contributed by atoms with van der Waals surface area (Å²) in [5.74, 6) is -5.01. The van der Waals surface area contributed by atoms with Crippen molar-refractivity contribution < 1.29 is 122 Å². The SMILES string of the molecule is CC(=O)OCC1O[C@H](O[C@@H]2C(OS(C)(=O)=O)C(O[C@H]3OC(CNC(=O)OC(C)(C)C)CCC3NC(=O)OC(C)(C)C)[C@H](NC(=O)OC(C)(C)C)C[C@H]2NC(=O)[C@H](CCNC(=O)OC(C)(C)C)OC(C)=O)C(OC(C)=O)[C@@H](NC(=O)OC(C)(C)C)[C@@H]1OC(C)=O. The number of carbonyl (C=O) groups excluding carboxylic acids is 10. The van der Waals surface area contributed by atoms with E-state index in [0.29, 0.717) is 6.26 Å². The van der Waals surface area contributed by atoms with Gasteiger partial charge in [0.25, 0.3) is 16.0 Å². The number of alkyl carbamates (subject to hydrolysis) is 5. The molecule has 510 valence electrons. The van der Waals surface area contributed by atoms with E-state index in [1.54, 1.807) is 83.1 Å². The molecule has 33 heteroatoms. The third-order valence-corrected chi connectivity index (χ3v) is 12.5. The molecule has 3 aliphatic rings. The highest BCUT2D eigenvalue weighted by atomic mass is 32.2. The van der Waals surface area contributed by atoms with Gasteiger partial charge in [-0.25, -0.2) is 24.0 Å². The van der Waals surface area contributed by atoms with Gasteiger partial charge in [-0.1, -0.05) is 0 Å². The van der Waals surface area contributed by atoms with Crippen LogP contribution in [0.1, 0.15) is 157 Å². The minimum absolute atomic E-state index is 0.0250. The molecule has 1 aliphatic carbocycles. The van der Waals surface area contributed by atoms with Crippen LogP contribution in [0.5, 0.6) is 0 Å². The van der Waals surface area contributed by atoms with Crippen LogP contribution in [-0.4, -0.2) is 208 Å². The molecule has 14 atom stereocenters. The number of hydrogen-bond donors (Lipinski definition) is 6. The maximum atomic E-state index is 14.8. The fourth-order valence-corrected chi connectivity index (χ4v) is 9.72. The molecular formula is C56H94N6O26S. The smallest absolute Gasteiger partial charge is 0.408 e. The van der Waals surface area contributed by atoms with Crippen LogP contribution in [0.15, 0.2) is 0 Å². The molecule has 6 unspecified atom stereocenters. The van der Waals surface area contributed by atoms with Gasteiger partial charge in [0, 0.05) is 47.2 Å². The molecule has 6 N–H and O–H groups in total. The fraction of sp³-hybridized carbons (Fsp3) is 0.821. The highest BCUT2D eigenvalue weighted by Crippen LogP contribution is 2.37. The van der Waals surface area contributed by atoms with Crippen molar-refractivity contribution in [3.63, 3.8) is 0 Å². The molecule has 3 rings (SSSR count). The second kappa shape index (κ2) is 32.0. The maximum Gasteiger partial charge on any atom is 0.408 e. The predicted octanol–water partition coefficient (Wildman–Crippen LogP) is 3.70. The Labute approximate surface area is 519 Å². The summed E-state index contributed by atoms with van der Waals surface area (Å²) in [7, 11) is -4.84.